The molecule has 6 unspecified atom stereocenters. The molecule has 0 saturated heterocycles. The lowest BCUT2D eigenvalue weighted by Gasteiger charge is -2.59. The van der Waals surface area contributed by atoms with Crippen LogP contribution in [0.15, 0.2) is 157 Å². The van der Waals surface area contributed by atoms with Gasteiger partial charge in [-0.15, -0.1) is 0 Å². The highest BCUT2D eigenvalue weighted by atomic mass is 31.2. The Morgan fingerprint density at radius 3 is 1.49 bits per heavy atom. The fourth-order valence-electron chi connectivity index (χ4n) is 17.9. The SMILES string of the molecule is CCCCCCCCCC=CC=CC=CC=CC=CC=CC(=O)OC(C1CC[C@@]2(C)C(=CCC3C2CC[C@@]2(C)C3CC[C@@H]2[C@H](C)CCCC(C)C)C1)[C@H](COP(=O)(O)OCCN)OC(=O)C=CC=CC=CC=CC=CC=CCCCCCCCCC.NCCCC(N)(CCCN)C(CN)(CCCN)CCCN. The highest BCUT2D eigenvalue weighted by Gasteiger charge is 2.60. The smallest absolute Gasteiger partial charge is 0.455 e. The quantitative estimate of drug-likeness (QED) is 0.00701. The van der Waals surface area contributed by atoms with Crippen LogP contribution in [0, 0.1) is 57.7 Å². The summed E-state index contributed by atoms with van der Waals surface area (Å²) in [5.41, 5.74) is 42.8. The highest BCUT2D eigenvalue weighted by molar-refractivity contribution is 7.47. The predicted molar refractivity (Wildman–Crippen MR) is 454 cm³/mol. The number of carbonyl (C=O) groups is 2. The van der Waals surface area contributed by atoms with E-state index in [1.807, 2.05) is 79.0 Å². The molecular weight excluding hydrogens is 1350 g/mol. The first-order valence-corrected chi connectivity index (χ1v) is 44.0. The molecule has 0 amide bonds. The second-order valence-corrected chi connectivity index (χ2v) is 33.7. The maximum atomic E-state index is 13.9. The fourth-order valence-corrected chi connectivity index (χ4v) is 18.6. The van der Waals surface area contributed by atoms with E-state index >= 15 is 0 Å². The molecule has 3 fully saturated rings. The van der Waals surface area contributed by atoms with Gasteiger partial charge in [-0.3, -0.25) is 9.05 Å². The van der Waals surface area contributed by atoms with Crippen molar-refractivity contribution >= 4 is 19.8 Å². The molecule has 15 nitrogen and oxygen atoms in total. The van der Waals surface area contributed by atoms with Crippen LogP contribution in [0.4, 0.5) is 0 Å². The van der Waals surface area contributed by atoms with Crippen molar-refractivity contribution in [1.29, 1.82) is 0 Å². The van der Waals surface area contributed by atoms with Crippen LogP contribution >= 0.6 is 7.82 Å². The Morgan fingerprint density at radius 1 is 0.542 bits per heavy atom. The molecular formula is C91H156N7O8P. The van der Waals surface area contributed by atoms with Crippen molar-refractivity contribution in [2.75, 3.05) is 52.5 Å². The third-order valence-corrected chi connectivity index (χ3v) is 25.0. The fraction of sp³-hybridized carbons (Fsp3) is 0.692. The molecule has 0 heterocycles. The summed E-state index contributed by atoms with van der Waals surface area (Å²) in [6.07, 6.45) is 85.6. The van der Waals surface area contributed by atoms with Crippen molar-refractivity contribution in [3.63, 3.8) is 0 Å². The Hall–Kier alpha value is -4.61. The highest BCUT2D eigenvalue weighted by Crippen LogP contribution is 2.68. The summed E-state index contributed by atoms with van der Waals surface area (Å²) in [5.74, 6) is 2.56. The molecule has 0 aromatic rings. The van der Waals surface area contributed by atoms with Crippen LogP contribution in [0.2, 0.25) is 0 Å². The van der Waals surface area contributed by atoms with Gasteiger partial charge in [0.1, 0.15) is 6.10 Å². The number of phosphoric acid groups is 1. The van der Waals surface area contributed by atoms with Gasteiger partial charge in [0.15, 0.2) is 6.10 Å². The van der Waals surface area contributed by atoms with Crippen LogP contribution in [0.3, 0.4) is 0 Å². The van der Waals surface area contributed by atoms with Crippen molar-refractivity contribution in [3.05, 3.63) is 157 Å². The summed E-state index contributed by atoms with van der Waals surface area (Å²) in [4.78, 5) is 38.4. The van der Waals surface area contributed by atoms with Crippen LogP contribution in [0.25, 0.3) is 0 Å². The molecule has 0 radical (unpaired) electrons. The summed E-state index contributed by atoms with van der Waals surface area (Å²) < 4.78 is 36.3. The first-order chi connectivity index (χ1) is 51.7. The number of esters is 2. The van der Waals surface area contributed by atoms with Gasteiger partial charge in [0.05, 0.1) is 13.2 Å². The maximum absolute atomic E-state index is 13.9. The Bertz CT molecular complexity index is 2840. The summed E-state index contributed by atoms with van der Waals surface area (Å²) >= 11 is 0. The molecule has 0 aliphatic heterocycles. The second kappa shape index (κ2) is 57.4. The Kier molecular flexibility index (Phi) is 51.8. The zero-order valence-corrected chi connectivity index (χ0v) is 69.2. The molecule has 0 bridgehead atoms. The molecule has 15 N–H and O–H groups in total. The van der Waals surface area contributed by atoms with Crippen LogP contribution in [-0.2, 0) is 32.7 Å². The number of nitrogens with two attached hydrogens (primary N) is 7. The number of hydrogen-bond donors (Lipinski definition) is 8. The number of rotatable bonds is 57. The van der Waals surface area contributed by atoms with Gasteiger partial charge in [-0.2, -0.15) is 0 Å². The molecule has 4 aliphatic carbocycles. The minimum absolute atomic E-state index is 0.00226. The van der Waals surface area contributed by atoms with E-state index < -0.39 is 38.6 Å². The number of phosphoric ester groups is 1. The van der Waals surface area contributed by atoms with E-state index in [9.17, 15) is 19.0 Å². The lowest BCUT2D eigenvalue weighted by atomic mass is 9.46. The van der Waals surface area contributed by atoms with Crippen molar-refractivity contribution in [2.24, 2.45) is 97.8 Å². The van der Waals surface area contributed by atoms with Crippen LogP contribution in [0.1, 0.15) is 273 Å². The first kappa shape index (κ1) is 96.6. The Morgan fingerprint density at radius 2 is 1.01 bits per heavy atom. The van der Waals surface area contributed by atoms with E-state index in [4.69, 9.17) is 58.7 Å². The van der Waals surface area contributed by atoms with Gasteiger partial charge in [-0.05, 0) is 207 Å². The van der Waals surface area contributed by atoms with E-state index in [1.54, 1.807) is 30.4 Å². The monoisotopic (exact) mass is 1510 g/mol. The molecule has 0 aromatic heterocycles. The molecule has 16 heteroatoms. The van der Waals surface area contributed by atoms with Crippen LogP contribution in [0.5, 0.6) is 0 Å². The van der Waals surface area contributed by atoms with E-state index in [0.29, 0.717) is 68.7 Å². The molecule has 107 heavy (non-hydrogen) atoms. The van der Waals surface area contributed by atoms with Crippen molar-refractivity contribution in [3.8, 4) is 0 Å². The normalized spacial score (nSPS) is 23.2. The van der Waals surface area contributed by atoms with E-state index in [-0.39, 0.29) is 35.4 Å². The predicted octanol–water partition coefficient (Wildman–Crippen LogP) is 20.1. The lowest BCUT2D eigenvalue weighted by Crippen LogP contribution is -2.59. The first-order valence-electron chi connectivity index (χ1n) is 42.5. The third-order valence-electron chi connectivity index (χ3n) is 24.0. The molecule has 0 aromatic carbocycles. The summed E-state index contributed by atoms with van der Waals surface area (Å²) in [6, 6.07) is 0. The molecule has 0 spiro atoms. The molecule has 4 aliphatic rings. The van der Waals surface area contributed by atoms with Gasteiger partial charge in [0, 0.05) is 35.6 Å². The van der Waals surface area contributed by atoms with E-state index in [2.05, 4.69) is 78.8 Å². The Labute approximate surface area is 652 Å². The van der Waals surface area contributed by atoms with E-state index in [1.165, 1.54) is 153 Å². The second-order valence-electron chi connectivity index (χ2n) is 32.2. The van der Waals surface area contributed by atoms with E-state index in [0.717, 1.165) is 94.8 Å². The standard InChI is InChI=1S/C76H118NO8P.C15H38N6/c1-8-10-12-14-16-18-20-22-24-26-28-30-32-34-36-38-40-42-44-49-72(78)84-71(62-83-86(80,81)82-60-59-77)74(85-73(79)50-45-43-41-39-37-35-33-31-29-27-25-23-21-19-17-15-13-11-9-2)65-55-57-75(6)66(61-65)51-52-67-69-54-53-68(64(5)48-46-47-63(3)4)76(69,7)58-56-70(67)75;16-9-1-5-14(13-20,6-2-10-17)15(21,7-3-11-18)8-4-12-19/h24-45,49-51,63-65,67-71,74H,8-23,46-48,52-62,77H2,1-7H3,(H,80,81);1-13,16-21H2/t64-,65?,67?,68-,69?,70?,71+,74?,75+,76-;/m1./s1. The van der Waals surface area contributed by atoms with Gasteiger partial charge in [0.25, 0.3) is 0 Å². The molecule has 3 saturated carbocycles. The minimum Gasteiger partial charge on any atom is -0.455 e. The minimum atomic E-state index is -4.63. The van der Waals surface area contributed by atoms with Crippen molar-refractivity contribution < 1.29 is 37.6 Å². The number of allylic oxidation sites excluding steroid dienone is 24. The van der Waals surface area contributed by atoms with Gasteiger partial charge >= 0.3 is 19.8 Å². The summed E-state index contributed by atoms with van der Waals surface area (Å²) in [7, 11) is -4.63. The summed E-state index contributed by atoms with van der Waals surface area (Å²) in [5, 5.41) is 0. The van der Waals surface area contributed by atoms with Crippen LogP contribution < -0.4 is 40.1 Å². The maximum Gasteiger partial charge on any atom is 0.472 e. The van der Waals surface area contributed by atoms with Gasteiger partial charge in [-0.1, -0.05) is 290 Å². The Balaban J connectivity index is 0.00000122. The molecule has 11 atom stereocenters. The molecule has 4 rings (SSSR count). The van der Waals surface area contributed by atoms with Crippen LogP contribution in [-0.4, -0.2) is 87.1 Å². The average Bonchev–Trinajstić information content (AvgIpc) is 1.68. The van der Waals surface area contributed by atoms with Crippen molar-refractivity contribution in [2.45, 2.75) is 291 Å². The van der Waals surface area contributed by atoms with Crippen molar-refractivity contribution in [1.82, 2.24) is 0 Å². The van der Waals surface area contributed by atoms with Gasteiger partial charge in [-0.25, -0.2) is 14.2 Å². The lowest BCUT2D eigenvalue weighted by molar-refractivity contribution is -0.171. The topological polar surface area (TPSA) is 290 Å². The number of ether oxygens (including phenoxy) is 2. The zero-order chi connectivity index (χ0) is 78.3. The number of hydrogen-bond acceptors (Lipinski definition) is 14. The zero-order valence-electron chi connectivity index (χ0n) is 68.3. The third kappa shape index (κ3) is 37.1. The average molecular weight is 1510 g/mol. The number of unbranched alkanes of at least 4 members (excludes halogenated alkanes) is 14. The largest absolute Gasteiger partial charge is 0.472 e. The summed E-state index contributed by atoms with van der Waals surface area (Å²) in [6.45, 7) is 19.2. The number of carbonyl (C=O) groups excluding carboxylic acids is 2. The van der Waals surface area contributed by atoms with Gasteiger partial charge < -0.3 is 54.5 Å². The van der Waals surface area contributed by atoms with Gasteiger partial charge in [0.2, 0.25) is 0 Å². The molecule has 608 valence electrons. The number of fused-ring (bicyclic) bond motifs is 5.